The molecule has 2 aromatic heterocycles. The summed E-state index contributed by atoms with van der Waals surface area (Å²) in [6.07, 6.45) is 1.26. The number of hydrogen-bond acceptors (Lipinski definition) is 6. The van der Waals surface area contributed by atoms with Crippen molar-refractivity contribution in [1.29, 1.82) is 0 Å². The summed E-state index contributed by atoms with van der Waals surface area (Å²) in [6.45, 7) is 4.01. The fourth-order valence-corrected chi connectivity index (χ4v) is 3.70. The van der Waals surface area contributed by atoms with E-state index >= 15 is 0 Å². The molecule has 0 saturated heterocycles. The number of aromatic nitrogens is 4. The molecular formula is C21H21N5O2S. The van der Waals surface area contributed by atoms with Crippen molar-refractivity contribution in [1.82, 2.24) is 20.2 Å². The number of aromatic amines is 1. The summed E-state index contributed by atoms with van der Waals surface area (Å²) in [5.74, 6) is 1.51. The molecule has 4 rings (SSSR count). The van der Waals surface area contributed by atoms with Gasteiger partial charge in [0.2, 0.25) is 11.8 Å². The fraction of sp³-hybridized carbons (Fsp3) is 0.238. The number of rotatable bonds is 7. The van der Waals surface area contributed by atoms with Crippen LogP contribution in [-0.2, 0) is 17.6 Å². The Bertz CT molecular complexity index is 1100. The molecule has 2 aromatic carbocycles. The van der Waals surface area contributed by atoms with Gasteiger partial charge in [-0.3, -0.25) is 4.79 Å². The van der Waals surface area contributed by atoms with E-state index in [0.717, 1.165) is 33.7 Å². The molecule has 29 heavy (non-hydrogen) atoms. The third-order valence-corrected chi connectivity index (χ3v) is 5.11. The van der Waals surface area contributed by atoms with Gasteiger partial charge in [-0.15, -0.1) is 10.2 Å². The van der Waals surface area contributed by atoms with Crippen LogP contribution < -0.4 is 5.32 Å². The molecule has 0 bridgehead atoms. The molecule has 2 N–H and O–H groups in total. The van der Waals surface area contributed by atoms with E-state index in [9.17, 15) is 4.79 Å². The van der Waals surface area contributed by atoms with Gasteiger partial charge in [-0.1, -0.05) is 30.0 Å². The zero-order valence-corrected chi connectivity index (χ0v) is 17.0. The molecule has 0 aliphatic heterocycles. The average Bonchev–Trinajstić information content (AvgIpc) is 3.30. The fourth-order valence-electron chi connectivity index (χ4n) is 3.12. The van der Waals surface area contributed by atoms with Crippen molar-refractivity contribution in [2.24, 2.45) is 0 Å². The number of amides is 1. The number of aryl methyl sites for hydroxylation is 4. The second-order valence-electron chi connectivity index (χ2n) is 6.88. The second kappa shape index (κ2) is 8.48. The summed E-state index contributed by atoms with van der Waals surface area (Å²) in [6, 6.07) is 13.9. The molecule has 1 amide bonds. The van der Waals surface area contributed by atoms with Crippen LogP contribution in [0.25, 0.3) is 11.0 Å². The molecule has 2 heterocycles. The van der Waals surface area contributed by atoms with Gasteiger partial charge in [0.1, 0.15) is 5.82 Å². The van der Waals surface area contributed by atoms with Gasteiger partial charge in [-0.25, -0.2) is 4.98 Å². The Kier molecular flexibility index (Phi) is 5.62. The predicted octanol–water partition coefficient (Wildman–Crippen LogP) is 4.08. The van der Waals surface area contributed by atoms with Crippen molar-refractivity contribution in [2.45, 2.75) is 31.9 Å². The quantitative estimate of drug-likeness (QED) is 0.448. The zero-order valence-electron chi connectivity index (χ0n) is 16.2. The Morgan fingerprint density at radius 1 is 1.10 bits per heavy atom. The van der Waals surface area contributed by atoms with E-state index < -0.39 is 0 Å². The largest absolute Gasteiger partial charge is 0.416 e. The summed E-state index contributed by atoms with van der Waals surface area (Å²) in [5.41, 5.74) is 4.97. The van der Waals surface area contributed by atoms with Gasteiger partial charge >= 0.3 is 0 Å². The number of fused-ring (bicyclic) bond motifs is 1. The molecule has 0 saturated carbocycles. The number of benzene rings is 2. The molecule has 8 heteroatoms. The van der Waals surface area contributed by atoms with E-state index in [1.165, 1.54) is 11.8 Å². The normalized spacial score (nSPS) is 11.1. The van der Waals surface area contributed by atoms with Gasteiger partial charge in [-0.2, -0.15) is 0 Å². The highest BCUT2D eigenvalue weighted by atomic mass is 32.2. The number of nitrogens with zero attached hydrogens (tertiary/aromatic N) is 3. The maximum absolute atomic E-state index is 12.2. The summed E-state index contributed by atoms with van der Waals surface area (Å²) in [5, 5.41) is 11.4. The number of carbonyl (C=O) groups is 1. The summed E-state index contributed by atoms with van der Waals surface area (Å²) < 4.78 is 5.64. The molecule has 0 radical (unpaired) electrons. The number of carbonyl (C=O) groups excluding carboxylic acids is 1. The van der Waals surface area contributed by atoms with E-state index in [-0.39, 0.29) is 11.7 Å². The first-order chi connectivity index (χ1) is 14.0. The van der Waals surface area contributed by atoms with Crippen LogP contribution in [0.5, 0.6) is 0 Å². The minimum absolute atomic E-state index is 0.109. The van der Waals surface area contributed by atoms with E-state index in [0.29, 0.717) is 24.0 Å². The Balaban J connectivity index is 1.28. The Morgan fingerprint density at radius 3 is 2.69 bits per heavy atom. The van der Waals surface area contributed by atoms with Gasteiger partial charge in [-0.05, 0) is 49.2 Å². The van der Waals surface area contributed by atoms with Crippen LogP contribution in [0.3, 0.4) is 0 Å². The van der Waals surface area contributed by atoms with Crippen molar-refractivity contribution < 1.29 is 9.21 Å². The van der Waals surface area contributed by atoms with Crippen molar-refractivity contribution in [2.75, 3.05) is 11.1 Å². The lowest BCUT2D eigenvalue weighted by Crippen LogP contribution is -2.14. The number of nitrogens with one attached hydrogen (secondary N) is 2. The Hall–Kier alpha value is -3.13. The molecule has 148 valence electrons. The number of anilines is 1. The maximum Gasteiger partial charge on any atom is 0.277 e. The van der Waals surface area contributed by atoms with Crippen LogP contribution in [0, 0.1) is 13.8 Å². The molecule has 0 aliphatic rings. The van der Waals surface area contributed by atoms with Crippen LogP contribution in [-0.4, -0.2) is 31.8 Å². The summed E-state index contributed by atoms with van der Waals surface area (Å²) >= 11 is 1.23. The van der Waals surface area contributed by atoms with Crippen molar-refractivity contribution in [3.8, 4) is 0 Å². The number of para-hydroxylation sites is 2. The average molecular weight is 407 g/mol. The standard InChI is InChI=1S/C21H21N5O2S/c1-13-9-14(2)11-15(10-13)22-19(27)12-29-21-26-25-20(28-21)8-7-18-23-16-5-3-4-6-17(16)24-18/h3-6,9-11H,7-8,12H2,1-2H3,(H,22,27)(H,23,24). The number of hydrogen-bond donors (Lipinski definition) is 2. The molecular weight excluding hydrogens is 386 g/mol. The first-order valence-electron chi connectivity index (χ1n) is 9.32. The van der Waals surface area contributed by atoms with E-state index in [1.54, 1.807) is 0 Å². The molecule has 0 atom stereocenters. The smallest absolute Gasteiger partial charge is 0.277 e. The first-order valence-corrected chi connectivity index (χ1v) is 10.3. The first kappa shape index (κ1) is 19.2. The Labute approximate surface area is 172 Å². The third kappa shape index (κ3) is 5.03. The molecule has 4 aromatic rings. The maximum atomic E-state index is 12.2. The number of thioether (sulfide) groups is 1. The molecule has 0 fully saturated rings. The van der Waals surface area contributed by atoms with Gasteiger partial charge in [0.05, 0.1) is 16.8 Å². The minimum atomic E-state index is -0.109. The lowest BCUT2D eigenvalue weighted by Gasteiger charge is -2.06. The highest BCUT2D eigenvalue weighted by Crippen LogP contribution is 2.19. The summed E-state index contributed by atoms with van der Waals surface area (Å²) in [4.78, 5) is 20.0. The van der Waals surface area contributed by atoms with Crippen molar-refractivity contribution >= 4 is 34.4 Å². The van der Waals surface area contributed by atoms with Gasteiger partial charge in [0.15, 0.2) is 0 Å². The van der Waals surface area contributed by atoms with Crippen molar-refractivity contribution in [3.05, 3.63) is 65.3 Å². The molecule has 0 aliphatic carbocycles. The van der Waals surface area contributed by atoms with Crippen LogP contribution in [0.1, 0.15) is 22.8 Å². The molecule has 0 spiro atoms. The van der Waals surface area contributed by atoms with E-state index in [2.05, 4.69) is 31.5 Å². The lowest BCUT2D eigenvalue weighted by atomic mass is 10.1. The number of imidazole rings is 1. The highest BCUT2D eigenvalue weighted by Gasteiger charge is 2.11. The van der Waals surface area contributed by atoms with Gasteiger partial charge in [0, 0.05) is 18.5 Å². The molecule has 7 nitrogen and oxygen atoms in total. The summed E-state index contributed by atoms with van der Waals surface area (Å²) in [7, 11) is 0. The Morgan fingerprint density at radius 2 is 1.90 bits per heavy atom. The SMILES string of the molecule is Cc1cc(C)cc(NC(=O)CSc2nnc(CCc3nc4ccccc4[nH]3)o2)c1. The second-order valence-corrected chi connectivity index (χ2v) is 7.80. The third-order valence-electron chi connectivity index (χ3n) is 4.29. The van der Waals surface area contributed by atoms with Crippen LogP contribution in [0.2, 0.25) is 0 Å². The number of H-pyrrole nitrogens is 1. The monoisotopic (exact) mass is 407 g/mol. The van der Waals surface area contributed by atoms with E-state index in [4.69, 9.17) is 4.42 Å². The highest BCUT2D eigenvalue weighted by molar-refractivity contribution is 7.99. The van der Waals surface area contributed by atoms with Gasteiger partial charge < -0.3 is 14.7 Å². The molecule has 0 unspecified atom stereocenters. The van der Waals surface area contributed by atoms with Crippen LogP contribution in [0.4, 0.5) is 5.69 Å². The minimum Gasteiger partial charge on any atom is -0.416 e. The van der Waals surface area contributed by atoms with Gasteiger partial charge in [0.25, 0.3) is 5.22 Å². The topological polar surface area (TPSA) is 96.7 Å². The lowest BCUT2D eigenvalue weighted by molar-refractivity contribution is -0.113. The van der Waals surface area contributed by atoms with E-state index in [1.807, 2.05) is 50.2 Å². The van der Waals surface area contributed by atoms with Crippen LogP contribution in [0.15, 0.2) is 52.1 Å². The zero-order chi connectivity index (χ0) is 20.2. The van der Waals surface area contributed by atoms with Crippen LogP contribution >= 0.6 is 11.8 Å². The van der Waals surface area contributed by atoms with Crippen molar-refractivity contribution in [3.63, 3.8) is 0 Å². The predicted molar refractivity (Wildman–Crippen MR) is 113 cm³/mol.